The molecule has 1 aliphatic carbocycles. The predicted octanol–water partition coefficient (Wildman–Crippen LogP) is 10.8. The number of ether oxygens (including phenoxy) is 4. The molecule has 4 saturated heterocycles. The zero-order valence-electron chi connectivity index (χ0n) is 47.7. The largest absolute Gasteiger partial charge is 0.458 e. The van der Waals surface area contributed by atoms with E-state index in [0.717, 1.165) is 51.9 Å². The summed E-state index contributed by atoms with van der Waals surface area (Å²) in [5.74, 6) is -3.25. The van der Waals surface area contributed by atoms with Gasteiger partial charge >= 0.3 is 23.9 Å². The predicted molar refractivity (Wildman–Crippen MR) is 276 cm³/mol. The Kier molecular flexibility index (Phi) is 17.5. The van der Waals surface area contributed by atoms with Gasteiger partial charge in [-0.25, -0.2) is 0 Å². The summed E-state index contributed by atoms with van der Waals surface area (Å²) in [6.07, 6.45) is 4.44. The molecule has 0 N–H and O–H groups in total. The first-order chi connectivity index (χ1) is 31.6. The van der Waals surface area contributed by atoms with Gasteiger partial charge in [0.1, 0.15) is 12.2 Å². The van der Waals surface area contributed by atoms with E-state index in [1.54, 1.807) is 0 Å². The highest BCUT2D eigenvalue weighted by Crippen LogP contribution is 2.48. The number of nitrogens with zero attached hydrogens (tertiary/aromatic N) is 4. The van der Waals surface area contributed by atoms with E-state index in [1.807, 2.05) is 0 Å². The third-order valence-corrected chi connectivity index (χ3v) is 17.5. The van der Waals surface area contributed by atoms with Crippen molar-refractivity contribution in [1.82, 2.24) is 19.6 Å². The van der Waals surface area contributed by atoms with E-state index in [0.29, 0.717) is 51.4 Å². The summed E-state index contributed by atoms with van der Waals surface area (Å²) in [4.78, 5) is 69.5. The van der Waals surface area contributed by atoms with Gasteiger partial charge in [0.15, 0.2) is 12.2 Å². The lowest BCUT2D eigenvalue weighted by molar-refractivity contribution is -0.195. The van der Waals surface area contributed by atoms with Crippen LogP contribution in [0.4, 0.5) is 0 Å². The van der Waals surface area contributed by atoms with Crippen LogP contribution in [0.25, 0.3) is 0 Å². The minimum atomic E-state index is -1.18. The van der Waals surface area contributed by atoms with Gasteiger partial charge in [0.2, 0.25) is 0 Å². The van der Waals surface area contributed by atoms with Crippen LogP contribution in [0, 0.1) is 23.7 Å². The van der Waals surface area contributed by atoms with Crippen molar-refractivity contribution in [2.75, 3.05) is 26.2 Å². The third-order valence-electron chi connectivity index (χ3n) is 17.5. The number of likely N-dealkylation sites (tertiary alicyclic amines) is 4. The second-order valence-corrected chi connectivity index (χ2v) is 27.5. The lowest BCUT2D eigenvalue weighted by Crippen LogP contribution is -2.62. The molecule has 4 atom stereocenters. The van der Waals surface area contributed by atoms with Crippen LogP contribution in [0.1, 0.15) is 222 Å². The summed E-state index contributed by atoms with van der Waals surface area (Å²) < 4.78 is 26.8. The molecule has 5 fully saturated rings. The van der Waals surface area contributed by atoms with Crippen LogP contribution in [0.2, 0.25) is 0 Å². The average molecular weight is 971 g/mol. The normalized spacial score (nSPS) is 30.7. The van der Waals surface area contributed by atoms with Crippen molar-refractivity contribution in [2.45, 2.75) is 291 Å². The van der Waals surface area contributed by atoms with Crippen molar-refractivity contribution in [3.63, 3.8) is 0 Å². The Labute approximate surface area is 420 Å². The van der Waals surface area contributed by atoms with Crippen molar-refractivity contribution in [3.8, 4) is 0 Å². The third kappa shape index (κ3) is 12.6. The van der Waals surface area contributed by atoms with Gasteiger partial charge in [0, 0.05) is 50.7 Å². The fraction of sp³-hybridized carbons (Fsp3) is 0.930. The Hall–Kier alpha value is -2.28. The van der Waals surface area contributed by atoms with E-state index in [4.69, 9.17) is 18.9 Å². The monoisotopic (exact) mass is 971 g/mol. The lowest BCUT2D eigenvalue weighted by Gasteiger charge is -2.55. The second kappa shape index (κ2) is 20.9. The van der Waals surface area contributed by atoms with Gasteiger partial charge in [-0.1, -0.05) is 27.7 Å². The number of carbonyl (C=O) groups is 4. The van der Waals surface area contributed by atoms with Gasteiger partial charge in [-0.2, -0.15) is 0 Å². The fourth-order valence-electron chi connectivity index (χ4n) is 15.6. The molecule has 4 unspecified atom stereocenters. The molecule has 12 heteroatoms. The van der Waals surface area contributed by atoms with Crippen LogP contribution in [0.5, 0.6) is 0 Å². The molecule has 4 heterocycles. The maximum absolute atomic E-state index is 15.0. The molecular formula is C57H102N4O8. The Morgan fingerprint density at radius 2 is 0.507 bits per heavy atom. The van der Waals surface area contributed by atoms with E-state index in [-0.39, 0.29) is 62.7 Å². The summed E-state index contributed by atoms with van der Waals surface area (Å²) in [6, 6.07) is 0. The van der Waals surface area contributed by atoms with Gasteiger partial charge in [0.25, 0.3) is 0 Å². The minimum absolute atomic E-state index is 0.0498. The molecule has 4 aliphatic heterocycles. The number of hydrogen-bond acceptors (Lipinski definition) is 12. The smallest absolute Gasteiger partial charge is 0.309 e. The molecule has 0 aromatic carbocycles. The number of rotatable bonds is 16. The second-order valence-electron chi connectivity index (χ2n) is 27.5. The Morgan fingerprint density at radius 3 is 0.681 bits per heavy atom. The standard InChI is InChI=1S/C57H102N4O8/c1-21-25-58-50(5,6)30-38(31-51(58,7)8)46(62)66-42-29-43(67-47(63)39-32-52(9,10)59(26-22-2)53(11,12)33-39)45(69-49(65)41-36-56(17,18)61(28-24-4)57(19,20)37-41)44(42)68-48(64)40-34-54(13,14)60(27-23-3)55(15,16)35-40/h38-45H,21-37H2,1-20H3. The molecular weight excluding hydrogens is 869 g/mol. The molecule has 0 radical (unpaired) electrons. The molecule has 0 aromatic rings. The zero-order chi connectivity index (χ0) is 52.1. The van der Waals surface area contributed by atoms with Crippen molar-refractivity contribution >= 4 is 23.9 Å². The molecule has 0 spiro atoms. The highest BCUT2D eigenvalue weighted by atomic mass is 16.6. The average Bonchev–Trinajstić information content (AvgIpc) is 3.49. The summed E-state index contributed by atoms with van der Waals surface area (Å²) in [6.45, 7) is 47.6. The van der Waals surface area contributed by atoms with Crippen LogP contribution >= 0.6 is 0 Å². The summed E-state index contributed by atoms with van der Waals surface area (Å²) in [5.41, 5.74) is -2.25. The molecule has 0 amide bonds. The van der Waals surface area contributed by atoms with Gasteiger partial charge in [-0.15, -0.1) is 0 Å². The van der Waals surface area contributed by atoms with Crippen molar-refractivity contribution in [1.29, 1.82) is 0 Å². The minimum Gasteiger partial charge on any atom is -0.458 e. The maximum atomic E-state index is 15.0. The quantitative estimate of drug-likeness (QED) is 0.108. The van der Waals surface area contributed by atoms with E-state index in [1.165, 1.54) is 0 Å². The first-order valence-electron chi connectivity index (χ1n) is 27.5. The molecule has 0 aromatic heterocycles. The van der Waals surface area contributed by atoms with E-state index < -0.39 is 60.0 Å². The van der Waals surface area contributed by atoms with Crippen LogP contribution in [-0.4, -0.2) is 138 Å². The fourth-order valence-corrected chi connectivity index (χ4v) is 15.6. The number of carbonyl (C=O) groups excluding carboxylic acids is 4. The zero-order valence-corrected chi connectivity index (χ0v) is 47.7. The van der Waals surface area contributed by atoms with Gasteiger partial charge in [-0.3, -0.25) is 38.8 Å². The van der Waals surface area contributed by atoms with Crippen molar-refractivity contribution in [3.05, 3.63) is 0 Å². The molecule has 69 heavy (non-hydrogen) atoms. The van der Waals surface area contributed by atoms with Crippen LogP contribution < -0.4 is 0 Å². The van der Waals surface area contributed by atoms with Crippen molar-refractivity contribution < 1.29 is 38.1 Å². The lowest BCUT2D eigenvalue weighted by atomic mass is 9.73. The highest BCUT2D eigenvalue weighted by molar-refractivity contribution is 5.76. The molecule has 5 rings (SSSR count). The first-order valence-corrected chi connectivity index (χ1v) is 27.5. The Balaban J connectivity index is 1.55. The summed E-state index contributed by atoms with van der Waals surface area (Å²) in [7, 11) is 0. The highest BCUT2D eigenvalue weighted by Gasteiger charge is 2.58. The summed E-state index contributed by atoms with van der Waals surface area (Å²) >= 11 is 0. The molecule has 5 aliphatic rings. The number of piperidine rings is 4. The van der Waals surface area contributed by atoms with Crippen molar-refractivity contribution in [2.24, 2.45) is 23.7 Å². The van der Waals surface area contributed by atoms with Crippen LogP contribution in [0.15, 0.2) is 0 Å². The van der Waals surface area contributed by atoms with Crippen LogP contribution in [-0.2, 0) is 38.1 Å². The number of esters is 4. The summed E-state index contributed by atoms with van der Waals surface area (Å²) in [5, 5.41) is 0. The molecule has 0 bridgehead atoms. The van der Waals surface area contributed by atoms with E-state index in [9.17, 15) is 19.2 Å². The van der Waals surface area contributed by atoms with Gasteiger partial charge in [0.05, 0.1) is 23.7 Å². The number of hydrogen-bond donors (Lipinski definition) is 0. The van der Waals surface area contributed by atoms with Crippen LogP contribution in [0.3, 0.4) is 0 Å². The van der Waals surface area contributed by atoms with E-state index >= 15 is 0 Å². The molecule has 12 nitrogen and oxygen atoms in total. The topological polar surface area (TPSA) is 118 Å². The SMILES string of the molecule is CCCN1C(C)(C)CC(C(=O)OC2CC(OC(=O)C3CC(C)(C)N(CCC)C(C)(C)C3)C(OC(=O)C3CC(C)(C)N(CCC)C(C)(C)C3)C2OC(=O)C2CC(C)(C)N(CCC)C(C)(C)C2)CC1(C)C. The van der Waals surface area contributed by atoms with Gasteiger partial charge < -0.3 is 18.9 Å². The first kappa shape index (κ1) is 57.6. The Bertz CT molecular complexity index is 1620. The Morgan fingerprint density at radius 1 is 0.333 bits per heavy atom. The molecule has 398 valence electrons. The van der Waals surface area contributed by atoms with E-state index in [2.05, 4.69) is 158 Å². The molecule has 1 saturated carbocycles. The maximum Gasteiger partial charge on any atom is 0.309 e. The van der Waals surface area contributed by atoms with Gasteiger partial charge in [-0.05, 0) is 214 Å².